The van der Waals surface area contributed by atoms with Crippen molar-refractivity contribution in [2.45, 2.75) is 71.5 Å². The molecule has 1 aliphatic rings. The maximum Gasteiger partial charge on any atom is 0.471 e. The summed E-state index contributed by atoms with van der Waals surface area (Å²) in [6, 6.07) is 2.96. The number of rotatable bonds is 22. The van der Waals surface area contributed by atoms with Crippen molar-refractivity contribution in [1.82, 2.24) is 40.8 Å². The molecule has 0 bridgehead atoms. The summed E-state index contributed by atoms with van der Waals surface area (Å²) >= 11 is 0. The maximum absolute atomic E-state index is 13.8. The van der Waals surface area contributed by atoms with Crippen LogP contribution in [0.2, 0.25) is 0 Å². The Hall–Kier alpha value is -7.15. The molecular formula is C40H47F3N10O12. The Labute approximate surface area is 368 Å². The molecule has 0 unspecified atom stereocenters. The summed E-state index contributed by atoms with van der Waals surface area (Å²) < 4.78 is 57.4. The molecule has 7 amide bonds. The Kier molecular flexibility index (Phi) is 17.4. The highest BCUT2D eigenvalue weighted by molar-refractivity contribution is 6.13. The predicted molar refractivity (Wildman–Crippen MR) is 220 cm³/mol. The van der Waals surface area contributed by atoms with E-state index in [0.717, 1.165) is 54.6 Å². The van der Waals surface area contributed by atoms with Crippen LogP contribution >= 0.6 is 0 Å². The van der Waals surface area contributed by atoms with Crippen LogP contribution in [0, 0.1) is 5.92 Å². The maximum atomic E-state index is 13.8. The van der Waals surface area contributed by atoms with Crippen molar-refractivity contribution >= 4 is 70.1 Å². The summed E-state index contributed by atoms with van der Waals surface area (Å²) in [7, 11) is 1.06. The first-order valence-electron chi connectivity index (χ1n) is 19.9. The molecule has 0 radical (unpaired) electrons. The quantitative estimate of drug-likeness (QED) is 0.0403. The van der Waals surface area contributed by atoms with Gasteiger partial charge in [-0.25, -0.2) is 14.8 Å². The number of H-pyrrole nitrogens is 1. The Balaban J connectivity index is 1.27. The molecule has 350 valence electrons. The van der Waals surface area contributed by atoms with Crippen LogP contribution in [-0.4, -0.2) is 130 Å². The number of esters is 1. The summed E-state index contributed by atoms with van der Waals surface area (Å²) in [5.74, 6) is -8.16. The molecular weight excluding hydrogens is 869 g/mol. The Morgan fingerprint density at radius 2 is 1.48 bits per heavy atom. The summed E-state index contributed by atoms with van der Waals surface area (Å²) in [6.45, 7) is 5.78. The SMILES string of the molecule is COC(=O)[C@@H](CCC(=O)NCCOC(C)(C)OCCNC(=O)CCN1C(=O)C=CC1=O)NC(=O)c1ccc(N(Cc2cnc3nc(NC(=O)C(C)C)[nH]c(=O)c3n2)C(=O)C(F)(F)F)cc1. The van der Waals surface area contributed by atoms with Crippen LogP contribution in [0.25, 0.3) is 11.2 Å². The van der Waals surface area contributed by atoms with Crippen molar-refractivity contribution in [3.8, 4) is 0 Å². The summed E-state index contributed by atoms with van der Waals surface area (Å²) in [4.78, 5) is 126. The molecule has 0 aliphatic carbocycles. The van der Waals surface area contributed by atoms with Crippen LogP contribution in [0.5, 0.6) is 0 Å². The largest absolute Gasteiger partial charge is 0.471 e. The smallest absolute Gasteiger partial charge is 0.467 e. The van der Waals surface area contributed by atoms with Gasteiger partial charge in [0.15, 0.2) is 17.0 Å². The number of nitrogens with zero attached hydrogens (tertiary/aromatic N) is 5. The van der Waals surface area contributed by atoms with Gasteiger partial charge in [0.05, 0.1) is 38.8 Å². The average Bonchev–Trinajstić information content (AvgIpc) is 3.58. The number of anilines is 2. The molecule has 65 heavy (non-hydrogen) atoms. The van der Waals surface area contributed by atoms with Gasteiger partial charge in [0, 0.05) is 61.8 Å². The van der Waals surface area contributed by atoms with E-state index in [1.54, 1.807) is 27.7 Å². The minimum absolute atomic E-state index is 0.00451. The van der Waals surface area contributed by atoms with E-state index in [0.29, 0.717) is 4.90 Å². The summed E-state index contributed by atoms with van der Waals surface area (Å²) in [5, 5.41) is 10.0. The number of ether oxygens (including phenoxy) is 3. The number of fused-ring (bicyclic) bond motifs is 1. The minimum Gasteiger partial charge on any atom is -0.467 e. The molecule has 3 aromatic rings. The summed E-state index contributed by atoms with van der Waals surface area (Å²) in [6.07, 6.45) is -2.64. The highest BCUT2D eigenvalue weighted by Crippen LogP contribution is 2.26. The van der Waals surface area contributed by atoms with Crippen LogP contribution in [0.3, 0.4) is 0 Å². The predicted octanol–water partition coefficient (Wildman–Crippen LogP) is 0.772. The summed E-state index contributed by atoms with van der Waals surface area (Å²) in [5.41, 5.74) is -2.16. The molecule has 1 atom stereocenters. The Morgan fingerprint density at radius 1 is 0.877 bits per heavy atom. The monoisotopic (exact) mass is 916 g/mol. The molecule has 1 aromatic carbocycles. The second-order valence-electron chi connectivity index (χ2n) is 14.8. The zero-order valence-electron chi connectivity index (χ0n) is 35.8. The lowest BCUT2D eigenvalue weighted by Crippen LogP contribution is -2.42. The number of alkyl halides is 3. The first-order valence-corrected chi connectivity index (χ1v) is 19.9. The number of hydrogen-bond acceptors (Lipinski definition) is 15. The number of nitrogens with one attached hydrogen (secondary N) is 5. The van der Waals surface area contributed by atoms with Gasteiger partial charge in [-0.3, -0.25) is 58.5 Å². The molecule has 2 aromatic heterocycles. The molecule has 0 spiro atoms. The van der Waals surface area contributed by atoms with Gasteiger partial charge in [-0.05, 0) is 44.5 Å². The van der Waals surface area contributed by atoms with E-state index in [2.05, 4.69) is 41.2 Å². The Bertz CT molecular complexity index is 2350. The van der Waals surface area contributed by atoms with E-state index in [-0.39, 0.29) is 86.2 Å². The molecule has 4 rings (SSSR count). The zero-order chi connectivity index (χ0) is 48.1. The van der Waals surface area contributed by atoms with Crippen molar-refractivity contribution < 1.29 is 65.7 Å². The van der Waals surface area contributed by atoms with E-state index in [4.69, 9.17) is 14.2 Å². The Morgan fingerprint density at radius 3 is 2.05 bits per heavy atom. The first-order chi connectivity index (χ1) is 30.6. The van der Waals surface area contributed by atoms with E-state index in [1.165, 1.54) is 0 Å². The highest BCUT2D eigenvalue weighted by Gasteiger charge is 2.43. The van der Waals surface area contributed by atoms with Gasteiger partial charge in [-0.1, -0.05) is 13.8 Å². The van der Waals surface area contributed by atoms with Gasteiger partial charge in [-0.15, -0.1) is 0 Å². The fourth-order valence-electron chi connectivity index (χ4n) is 5.70. The lowest BCUT2D eigenvalue weighted by molar-refractivity contribution is -0.211. The van der Waals surface area contributed by atoms with Gasteiger partial charge in [0.25, 0.3) is 23.3 Å². The number of hydrogen-bond donors (Lipinski definition) is 5. The lowest BCUT2D eigenvalue weighted by atomic mass is 10.1. The third-order valence-electron chi connectivity index (χ3n) is 9.14. The third kappa shape index (κ3) is 15.0. The van der Waals surface area contributed by atoms with Crippen molar-refractivity contribution in [3.63, 3.8) is 0 Å². The number of carbonyl (C=O) groups excluding carboxylic acids is 8. The standard InChI is InChI=1S/C40H47F3N10O12/c1-22(2)33(58)50-38-49-32-31(35(60)51-38)47-24(20-46-32)21-53(37(62)40(41,42)43)25-8-6-23(7-9-25)34(59)48-26(36(61)63-5)10-11-27(54)44-15-18-64-39(3,4)65-19-16-45-28(55)14-17-52-29(56)12-13-30(52)57/h6-9,12-13,20,22,26H,10-11,14-19,21H2,1-5H3,(H,44,54)(H,45,55)(H,48,59)(H2,46,49,50,51,58,60)/t26-/m1/s1. The number of aromatic nitrogens is 4. The van der Waals surface area contributed by atoms with Gasteiger partial charge in [0.2, 0.25) is 23.7 Å². The van der Waals surface area contributed by atoms with E-state index >= 15 is 0 Å². The second kappa shape index (κ2) is 22.5. The van der Waals surface area contributed by atoms with Gasteiger partial charge in [-0.2, -0.15) is 18.2 Å². The minimum atomic E-state index is -5.36. The van der Waals surface area contributed by atoms with Crippen LogP contribution < -0.4 is 31.7 Å². The molecule has 3 heterocycles. The third-order valence-corrected chi connectivity index (χ3v) is 9.14. The number of halogens is 3. The molecule has 22 nitrogen and oxygen atoms in total. The van der Waals surface area contributed by atoms with Crippen molar-refractivity contribution in [3.05, 3.63) is 64.2 Å². The van der Waals surface area contributed by atoms with Crippen LogP contribution in [0.4, 0.5) is 24.8 Å². The molecule has 1 aliphatic heterocycles. The van der Waals surface area contributed by atoms with Gasteiger partial charge >= 0.3 is 18.1 Å². The highest BCUT2D eigenvalue weighted by atomic mass is 19.4. The topological polar surface area (TPSA) is 290 Å². The number of aromatic amines is 1. The number of carbonyl (C=O) groups is 8. The molecule has 0 saturated heterocycles. The number of benzene rings is 1. The van der Waals surface area contributed by atoms with Crippen molar-refractivity contribution in [2.24, 2.45) is 5.92 Å². The molecule has 5 N–H and O–H groups in total. The van der Waals surface area contributed by atoms with E-state index < -0.39 is 83.3 Å². The fourth-order valence-corrected chi connectivity index (χ4v) is 5.70. The lowest BCUT2D eigenvalue weighted by Gasteiger charge is -2.26. The van der Waals surface area contributed by atoms with Crippen LogP contribution in [0.1, 0.15) is 63.0 Å². The molecule has 0 fully saturated rings. The second-order valence-corrected chi connectivity index (χ2v) is 14.8. The van der Waals surface area contributed by atoms with Crippen molar-refractivity contribution in [2.75, 3.05) is 50.2 Å². The van der Waals surface area contributed by atoms with Gasteiger partial charge in [0.1, 0.15) is 6.04 Å². The molecule has 25 heteroatoms. The zero-order valence-corrected chi connectivity index (χ0v) is 35.8. The number of methoxy groups -OCH3 is 1. The normalized spacial score (nSPS) is 13.2. The van der Waals surface area contributed by atoms with Gasteiger partial charge < -0.3 is 30.2 Å². The first kappa shape index (κ1) is 50.5. The van der Waals surface area contributed by atoms with E-state index in [1.807, 2.05) is 0 Å². The fraction of sp³-hybridized carbons (Fsp3) is 0.450. The number of amides is 7. The molecule has 0 saturated carbocycles. The van der Waals surface area contributed by atoms with E-state index in [9.17, 15) is 56.3 Å². The van der Waals surface area contributed by atoms with Crippen molar-refractivity contribution in [1.29, 1.82) is 0 Å². The number of imide groups is 1. The average molecular weight is 917 g/mol. The van der Waals surface area contributed by atoms with Crippen LogP contribution in [0.15, 0.2) is 47.4 Å². The van der Waals surface area contributed by atoms with Crippen LogP contribution in [-0.2, 0) is 54.3 Å².